The lowest BCUT2D eigenvalue weighted by Crippen LogP contribution is -1.84. The molecule has 2 aromatic rings. The number of halogens is 2. The molecule has 0 unspecified atom stereocenters. The van der Waals surface area contributed by atoms with Crippen molar-refractivity contribution in [1.29, 1.82) is 0 Å². The van der Waals surface area contributed by atoms with E-state index in [1.54, 1.807) is 12.1 Å². The Kier molecular flexibility index (Phi) is 2.02. The highest BCUT2D eigenvalue weighted by molar-refractivity contribution is 6.33. The fraction of sp³-hybridized carbons (Fsp3) is 0. The molecule has 0 atom stereocenters. The van der Waals surface area contributed by atoms with Gasteiger partial charge in [0.05, 0.1) is 28.8 Å². The van der Waals surface area contributed by atoms with Crippen molar-refractivity contribution in [3.05, 3.63) is 41.6 Å². The van der Waals surface area contributed by atoms with Gasteiger partial charge in [-0.3, -0.25) is 0 Å². The van der Waals surface area contributed by atoms with E-state index < -0.39 is 0 Å². The number of imidazole rings is 1. The average molecular weight is 197 g/mol. The summed E-state index contributed by atoms with van der Waals surface area (Å²) in [5.41, 5.74) is 0.949. The Morgan fingerprint density at radius 1 is 1.38 bits per heavy atom. The van der Waals surface area contributed by atoms with Crippen LogP contribution in [0.3, 0.4) is 0 Å². The quantitative estimate of drug-likeness (QED) is 0.747. The zero-order chi connectivity index (χ0) is 9.26. The molecule has 0 bridgehead atoms. The molecule has 2 nitrogen and oxygen atoms in total. The van der Waals surface area contributed by atoms with Gasteiger partial charge >= 0.3 is 0 Å². The van der Waals surface area contributed by atoms with Crippen molar-refractivity contribution in [3.63, 3.8) is 0 Å². The SMILES string of the molecule is Fc1cccc(Cl)c1-c1cnc[nH]1. The zero-order valence-electron chi connectivity index (χ0n) is 6.59. The van der Waals surface area contributed by atoms with E-state index >= 15 is 0 Å². The van der Waals surface area contributed by atoms with Crippen LogP contribution in [-0.2, 0) is 0 Å². The van der Waals surface area contributed by atoms with E-state index in [4.69, 9.17) is 11.6 Å². The van der Waals surface area contributed by atoms with E-state index in [1.165, 1.54) is 18.6 Å². The molecule has 0 saturated heterocycles. The minimum absolute atomic E-state index is 0.350. The van der Waals surface area contributed by atoms with Gasteiger partial charge in [-0.1, -0.05) is 17.7 Å². The summed E-state index contributed by atoms with van der Waals surface area (Å²) in [6, 6.07) is 4.57. The third-order valence-corrected chi connectivity index (χ3v) is 2.05. The number of aromatic amines is 1. The largest absolute Gasteiger partial charge is 0.345 e. The van der Waals surface area contributed by atoms with Crippen molar-refractivity contribution in [2.45, 2.75) is 0 Å². The van der Waals surface area contributed by atoms with E-state index in [2.05, 4.69) is 9.97 Å². The van der Waals surface area contributed by atoms with Gasteiger partial charge in [0, 0.05) is 0 Å². The normalized spacial score (nSPS) is 10.3. The van der Waals surface area contributed by atoms with Crippen molar-refractivity contribution < 1.29 is 4.39 Å². The van der Waals surface area contributed by atoms with Crippen LogP contribution >= 0.6 is 11.6 Å². The molecule has 0 aliphatic rings. The average Bonchev–Trinajstić information content (AvgIpc) is 2.57. The van der Waals surface area contributed by atoms with Crippen LogP contribution in [0.4, 0.5) is 4.39 Å². The topological polar surface area (TPSA) is 28.7 Å². The van der Waals surface area contributed by atoms with E-state index in [9.17, 15) is 4.39 Å². The minimum Gasteiger partial charge on any atom is -0.345 e. The molecule has 0 amide bonds. The lowest BCUT2D eigenvalue weighted by atomic mass is 10.1. The number of H-pyrrole nitrogens is 1. The molecule has 1 N–H and O–H groups in total. The first-order chi connectivity index (χ1) is 6.29. The first-order valence-electron chi connectivity index (χ1n) is 3.72. The van der Waals surface area contributed by atoms with Crippen LogP contribution in [-0.4, -0.2) is 9.97 Å². The fourth-order valence-corrected chi connectivity index (χ4v) is 1.41. The van der Waals surface area contributed by atoms with Gasteiger partial charge in [-0.05, 0) is 12.1 Å². The third kappa shape index (κ3) is 1.42. The number of rotatable bonds is 1. The highest BCUT2D eigenvalue weighted by Gasteiger charge is 2.09. The van der Waals surface area contributed by atoms with Crippen molar-refractivity contribution in [2.75, 3.05) is 0 Å². The molecular formula is C9H6ClFN2. The molecule has 66 valence electrons. The van der Waals surface area contributed by atoms with Crippen LogP contribution in [0.1, 0.15) is 0 Å². The Balaban J connectivity index is 2.64. The molecule has 0 aliphatic carbocycles. The summed E-state index contributed by atoms with van der Waals surface area (Å²) in [5, 5.41) is 0.379. The monoisotopic (exact) mass is 196 g/mol. The molecule has 0 saturated carbocycles. The van der Waals surface area contributed by atoms with Gasteiger partial charge in [-0.25, -0.2) is 9.37 Å². The van der Waals surface area contributed by atoms with E-state index in [0.29, 0.717) is 16.3 Å². The van der Waals surface area contributed by atoms with Crippen LogP contribution in [0, 0.1) is 5.82 Å². The van der Waals surface area contributed by atoms with Gasteiger partial charge in [-0.2, -0.15) is 0 Å². The fourth-order valence-electron chi connectivity index (χ4n) is 1.15. The second-order valence-corrected chi connectivity index (χ2v) is 2.97. The predicted octanol–water partition coefficient (Wildman–Crippen LogP) is 2.87. The van der Waals surface area contributed by atoms with E-state index in [0.717, 1.165) is 0 Å². The molecule has 4 heteroatoms. The van der Waals surface area contributed by atoms with Crippen LogP contribution in [0.5, 0.6) is 0 Å². The van der Waals surface area contributed by atoms with Crippen LogP contribution < -0.4 is 0 Å². The highest BCUT2D eigenvalue weighted by atomic mass is 35.5. The Labute approximate surface area is 79.4 Å². The Bertz CT molecular complexity index is 391. The van der Waals surface area contributed by atoms with Crippen molar-refractivity contribution in [1.82, 2.24) is 9.97 Å². The zero-order valence-corrected chi connectivity index (χ0v) is 7.35. The van der Waals surface area contributed by atoms with Gasteiger partial charge in [0.25, 0.3) is 0 Å². The van der Waals surface area contributed by atoms with Crippen LogP contribution in [0.2, 0.25) is 5.02 Å². The number of nitrogens with zero attached hydrogens (tertiary/aromatic N) is 1. The van der Waals surface area contributed by atoms with Gasteiger partial charge in [-0.15, -0.1) is 0 Å². The summed E-state index contributed by atoms with van der Waals surface area (Å²) >= 11 is 5.83. The van der Waals surface area contributed by atoms with E-state index in [-0.39, 0.29) is 5.82 Å². The molecule has 1 aromatic heterocycles. The summed E-state index contributed by atoms with van der Waals surface area (Å²) in [6.45, 7) is 0. The lowest BCUT2D eigenvalue weighted by Gasteiger charge is -2.01. The standard InChI is InChI=1S/C9H6ClFN2/c10-6-2-1-3-7(11)9(6)8-4-12-5-13-8/h1-5H,(H,12,13). The van der Waals surface area contributed by atoms with Crippen molar-refractivity contribution in [3.8, 4) is 11.3 Å². The third-order valence-electron chi connectivity index (χ3n) is 1.73. The number of nitrogens with one attached hydrogen (secondary N) is 1. The molecule has 0 spiro atoms. The molecule has 1 heterocycles. The Morgan fingerprint density at radius 3 is 2.85 bits per heavy atom. The Hall–Kier alpha value is -1.35. The molecular weight excluding hydrogens is 191 g/mol. The van der Waals surface area contributed by atoms with Crippen molar-refractivity contribution >= 4 is 11.6 Å². The summed E-state index contributed by atoms with van der Waals surface area (Å²) in [7, 11) is 0. The number of hydrogen-bond donors (Lipinski definition) is 1. The minimum atomic E-state index is -0.350. The number of hydrogen-bond acceptors (Lipinski definition) is 1. The second-order valence-electron chi connectivity index (χ2n) is 2.56. The lowest BCUT2D eigenvalue weighted by molar-refractivity contribution is 0.631. The summed E-state index contributed by atoms with van der Waals surface area (Å²) in [4.78, 5) is 6.60. The van der Waals surface area contributed by atoms with Crippen LogP contribution in [0.25, 0.3) is 11.3 Å². The summed E-state index contributed by atoms with van der Waals surface area (Å²) in [6.07, 6.45) is 3.02. The van der Waals surface area contributed by atoms with Crippen molar-refractivity contribution in [2.24, 2.45) is 0 Å². The maximum atomic E-state index is 13.3. The molecule has 2 rings (SSSR count). The number of benzene rings is 1. The van der Waals surface area contributed by atoms with E-state index in [1.807, 2.05) is 0 Å². The highest BCUT2D eigenvalue weighted by Crippen LogP contribution is 2.28. The maximum Gasteiger partial charge on any atom is 0.134 e. The van der Waals surface area contributed by atoms with Gasteiger partial charge in [0.15, 0.2) is 0 Å². The molecule has 1 aromatic carbocycles. The predicted molar refractivity (Wildman–Crippen MR) is 49.0 cm³/mol. The molecule has 0 fully saturated rings. The Morgan fingerprint density at radius 2 is 2.23 bits per heavy atom. The molecule has 13 heavy (non-hydrogen) atoms. The summed E-state index contributed by atoms with van der Waals surface area (Å²) < 4.78 is 13.3. The second kappa shape index (κ2) is 3.18. The van der Waals surface area contributed by atoms with Gasteiger partial charge in [0.2, 0.25) is 0 Å². The first kappa shape index (κ1) is 8.26. The molecule has 0 radical (unpaired) electrons. The van der Waals surface area contributed by atoms with Crippen LogP contribution in [0.15, 0.2) is 30.7 Å². The summed E-state index contributed by atoms with van der Waals surface area (Å²) in [5.74, 6) is -0.350. The number of aromatic nitrogens is 2. The first-order valence-corrected chi connectivity index (χ1v) is 4.09. The maximum absolute atomic E-state index is 13.3. The van der Waals surface area contributed by atoms with Gasteiger partial charge in [0.1, 0.15) is 5.82 Å². The van der Waals surface area contributed by atoms with Gasteiger partial charge < -0.3 is 4.98 Å². The smallest absolute Gasteiger partial charge is 0.134 e. The molecule has 0 aliphatic heterocycles.